The summed E-state index contributed by atoms with van der Waals surface area (Å²) < 4.78 is 11.3. The van der Waals surface area contributed by atoms with Crippen LogP contribution in [-0.4, -0.2) is 16.1 Å². The van der Waals surface area contributed by atoms with E-state index < -0.39 is 16.1 Å². The Bertz CT molecular complexity index is 1410. The van der Waals surface area contributed by atoms with Gasteiger partial charge >= 0.3 is 0 Å². The van der Waals surface area contributed by atoms with Crippen LogP contribution in [0.5, 0.6) is 0 Å². The van der Waals surface area contributed by atoms with Crippen molar-refractivity contribution in [3.05, 3.63) is 30.8 Å². The third kappa shape index (κ3) is 5.18. The summed E-state index contributed by atoms with van der Waals surface area (Å²) >= 11 is 15.7. The molecular weight excluding hydrogens is 729 g/mol. The van der Waals surface area contributed by atoms with E-state index >= 15 is 0 Å². The number of hydrogen-bond donors (Lipinski definition) is 0. The molecule has 4 rings (SSSR count). The molecule has 0 atom stereocenters. The summed E-state index contributed by atoms with van der Waals surface area (Å²) in [5, 5.41) is 0. The molecule has 0 aliphatic rings. The van der Waals surface area contributed by atoms with Crippen LogP contribution < -0.4 is 9.00 Å². The second kappa shape index (κ2) is 12.3. The maximum atomic E-state index is 3.97. The minimum atomic E-state index is -1.65. The Labute approximate surface area is 277 Å². The molecule has 0 amide bonds. The van der Waals surface area contributed by atoms with Crippen LogP contribution in [0.15, 0.2) is 21.1 Å². The van der Waals surface area contributed by atoms with Crippen LogP contribution in [-0.2, 0) is 0 Å². The Kier molecular flexibility index (Phi) is 10.2. The summed E-state index contributed by atoms with van der Waals surface area (Å²) in [5.74, 6) is 7.11. The zero-order valence-corrected chi connectivity index (χ0v) is 34.4. The Balaban J connectivity index is 1.73. The quantitative estimate of drug-likeness (QED) is 0.124. The summed E-state index contributed by atoms with van der Waals surface area (Å²) in [7, 11) is -3.31. The van der Waals surface area contributed by atoms with E-state index in [1.807, 2.05) is 45.3 Å². The monoisotopic (exact) mass is 770 g/mol. The van der Waals surface area contributed by atoms with Crippen molar-refractivity contribution in [2.45, 2.75) is 116 Å². The highest BCUT2D eigenvalue weighted by molar-refractivity contribution is 9.11. The van der Waals surface area contributed by atoms with Gasteiger partial charge in [-0.2, -0.15) is 0 Å². The lowest BCUT2D eigenvalue weighted by Crippen LogP contribution is -2.54. The average molecular weight is 773 g/mol. The summed E-state index contributed by atoms with van der Waals surface area (Å²) in [5.41, 5.74) is 4.32. The van der Waals surface area contributed by atoms with Crippen LogP contribution in [0.3, 0.4) is 0 Å². The van der Waals surface area contributed by atoms with Crippen LogP contribution in [0.4, 0.5) is 0 Å². The van der Waals surface area contributed by atoms with Crippen molar-refractivity contribution in [1.29, 1.82) is 0 Å². The molecule has 4 heterocycles. The van der Waals surface area contributed by atoms with Gasteiger partial charge in [0.2, 0.25) is 0 Å². The second-order valence-electron chi connectivity index (χ2n) is 13.1. The Morgan fingerprint density at radius 2 is 0.775 bits per heavy atom. The highest BCUT2D eigenvalue weighted by atomic mass is 79.9. The van der Waals surface area contributed by atoms with E-state index in [1.54, 1.807) is 9.00 Å². The molecule has 8 heteroatoms. The van der Waals surface area contributed by atoms with Gasteiger partial charge in [0.25, 0.3) is 0 Å². The van der Waals surface area contributed by atoms with Gasteiger partial charge < -0.3 is 0 Å². The van der Waals surface area contributed by atoms with Gasteiger partial charge in [-0.05, 0) is 98.1 Å². The minimum Gasteiger partial charge on any atom is -0.143 e. The molecule has 40 heavy (non-hydrogen) atoms. The third-order valence-electron chi connectivity index (χ3n) is 9.49. The normalized spacial score (nSPS) is 13.4. The zero-order valence-electron chi connectivity index (χ0n) is 26.0. The van der Waals surface area contributed by atoms with Gasteiger partial charge in [-0.1, -0.05) is 83.1 Å². The van der Waals surface area contributed by atoms with Gasteiger partial charge in [0, 0.05) is 9.40 Å². The predicted molar refractivity (Wildman–Crippen MR) is 202 cm³/mol. The lowest BCUT2D eigenvalue weighted by molar-refractivity contribution is 0.837. The van der Waals surface area contributed by atoms with Crippen LogP contribution in [0, 0.1) is 11.8 Å². The van der Waals surface area contributed by atoms with Crippen molar-refractivity contribution in [1.82, 2.24) is 0 Å². The Morgan fingerprint density at radius 1 is 0.500 bits per heavy atom. The molecule has 0 saturated heterocycles. The topological polar surface area (TPSA) is 0 Å². The van der Waals surface area contributed by atoms with Crippen LogP contribution >= 0.6 is 77.2 Å². The molecule has 0 bridgehead atoms. The van der Waals surface area contributed by atoms with Crippen molar-refractivity contribution in [3.63, 3.8) is 0 Å². The first kappa shape index (κ1) is 33.2. The molecule has 0 aromatic carbocycles. The fourth-order valence-corrected chi connectivity index (χ4v) is 32.7. The smallest absolute Gasteiger partial charge is 0.107 e. The van der Waals surface area contributed by atoms with Crippen molar-refractivity contribution in [2.24, 2.45) is 0 Å². The molecule has 0 saturated carbocycles. The predicted octanol–water partition coefficient (Wildman–Crippen LogP) is 12.9. The number of hydrogen-bond acceptors (Lipinski definition) is 4. The fourth-order valence-electron chi connectivity index (χ4n) is 8.13. The standard InChI is InChI=1S/C32H44Br2S4Si2/c1-17(2)39(18(3)4,19(5)6)27-15-25-31(37-27)29(33)23(35-25)13-14-24-30(34)32-26(36-24)16-28(38-32)40(20(7)8,21(9)10)22(11)12/h15-22H,1-12H3. The van der Waals surface area contributed by atoms with Crippen molar-refractivity contribution in [3.8, 4) is 11.8 Å². The summed E-state index contributed by atoms with van der Waals surface area (Å²) in [6.45, 7) is 29.4. The molecule has 4 aromatic rings. The van der Waals surface area contributed by atoms with E-state index in [9.17, 15) is 0 Å². The van der Waals surface area contributed by atoms with E-state index in [2.05, 4.69) is 139 Å². The SMILES string of the molecule is CC(C)[Si](c1cc2sc(C#Cc3sc4cc([Si](C(C)C)(C(C)C)C(C)C)sc4c3Br)c(Br)c2s1)(C(C)C)C(C)C. The maximum Gasteiger partial charge on any atom is 0.107 e. The lowest BCUT2D eigenvalue weighted by atomic mass is 10.4. The number of rotatable bonds is 8. The molecule has 4 aromatic heterocycles. The first-order valence-electron chi connectivity index (χ1n) is 14.6. The molecule has 0 nitrogen and oxygen atoms in total. The van der Waals surface area contributed by atoms with E-state index in [-0.39, 0.29) is 0 Å². The van der Waals surface area contributed by atoms with Gasteiger partial charge in [0.15, 0.2) is 0 Å². The first-order valence-corrected chi connectivity index (χ1v) is 23.9. The summed E-state index contributed by atoms with van der Waals surface area (Å²) in [6.07, 6.45) is 0. The fraction of sp³-hybridized carbons (Fsp3) is 0.562. The molecular formula is C32H44Br2S4Si2. The van der Waals surface area contributed by atoms with Crippen molar-refractivity contribution < 1.29 is 0 Å². The number of halogens is 2. The molecule has 0 spiro atoms. The van der Waals surface area contributed by atoms with E-state index in [1.165, 1.54) is 27.7 Å². The van der Waals surface area contributed by atoms with Crippen LogP contribution in [0.25, 0.3) is 18.8 Å². The Hall–Kier alpha value is 0.274. The van der Waals surface area contributed by atoms with Crippen molar-refractivity contribution in [2.75, 3.05) is 0 Å². The third-order valence-corrected chi connectivity index (χ3v) is 32.6. The van der Waals surface area contributed by atoms with Crippen LogP contribution in [0.2, 0.25) is 33.2 Å². The highest BCUT2D eigenvalue weighted by Gasteiger charge is 2.47. The summed E-state index contributed by atoms with van der Waals surface area (Å²) in [6, 6.07) is 5.05. The molecule has 0 N–H and O–H groups in total. The van der Waals surface area contributed by atoms with Crippen molar-refractivity contribution >= 4 is 121 Å². The minimum absolute atomic E-state index is 0.721. The van der Waals surface area contributed by atoms with Gasteiger partial charge in [0.1, 0.15) is 16.1 Å². The Morgan fingerprint density at radius 3 is 1.00 bits per heavy atom. The molecule has 0 radical (unpaired) electrons. The van der Waals surface area contributed by atoms with E-state index in [4.69, 9.17) is 0 Å². The van der Waals surface area contributed by atoms with Gasteiger partial charge in [0.05, 0.1) is 28.1 Å². The number of thiophene rings is 4. The molecule has 0 aliphatic heterocycles. The van der Waals surface area contributed by atoms with Gasteiger partial charge in [-0.25, -0.2) is 0 Å². The van der Waals surface area contributed by atoms with E-state index in [0.29, 0.717) is 0 Å². The van der Waals surface area contributed by atoms with Gasteiger partial charge in [-0.3, -0.25) is 0 Å². The lowest BCUT2D eigenvalue weighted by Gasteiger charge is -2.42. The first-order chi connectivity index (χ1) is 18.6. The summed E-state index contributed by atoms with van der Waals surface area (Å²) in [4.78, 5) is 2.29. The maximum absolute atomic E-state index is 3.97. The van der Waals surface area contributed by atoms with E-state index in [0.717, 1.165) is 43.0 Å². The second-order valence-corrected chi connectivity index (χ2v) is 31.4. The largest absolute Gasteiger partial charge is 0.143 e. The molecule has 218 valence electrons. The van der Waals surface area contributed by atoms with Gasteiger partial charge in [-0.15, -0.1) is 45.3 Å². The molecule has 0 unspecified atom stereocenters. The molecule has 0 aliphatic carbocycles. The van der Waals surface area contributed by atoms with Crippen LogP contribution in [0.1, 0.15) is 92.8 Å². The molecule has 0 fully saturated rings. The zero-order chi connectivity index (χ0) is 29.9. The average Bonchev–Trinajstić information content (AvgIpc) is 3.55. The highest BCUT2D eigenvalue weighted by Crippen LogP contribution is 2.48. The number of fused-ring (bicyclic) bond motifs is 2.